The highest BCUT2D eigenvalue weighted by molar-refractivity contribution is 6.45. The highest BCUT2D eigenvalue weighted by atomic mass is 35.5. The van der Waals surface area contributed by atoms with Gasteiger partial charge in [0.1, 0.15) is 10.8 Å². The van der Waals surface area contributed by atoms with Gasteiger partial charge in [0.15, 0.2) is 35.4 Å². The fourth-order valence-electron chi connectivity index (χ4n) is 7.90. The Morgan fingerprint density at radius 1 is 0.750 bits per heavy atom. The van der Waals surface area contributed by atoms with Crippen LogP contribution in [-0.4, -0.2) is 79.6 Å². The average Bonchev–Trinajstić information content (AvgIpc) is 3.48. The van der Waals surface area contributed by atoms with Crippen molar-refractivity contribution in [2.75, 3.05) is 26.3 Å². The number of ketones is 1. The van der Waals surface area contributed by atoms with Gasteiger partial charge in [0.25, 0.3) is 0 Å². The van der Waals surface area contributed by atoms with Crippen LogP contribution in [0.25, 0.3) is 5.57 Å². The van der Waals surface area contributed by atoms with Crippen molar-refractivity contribution in [1.29, 1.82) is 0 Å². The summed E-state index contributed by atoms with van der Waals surface area (Å²) >= 11 is 18.2. The SMILES string of the molecule is C=C(CC)C(=O)c1ccc(OCC(=O)O)c(Cl)c1Cl.CCOC(=O)N1CCC(=C2c3ccc(Cl)cc3CCc3cccnc32)CC1.C[C@H](Cc1ccc(O)c(O)c1)[C@@H](C)Cc1ccc(O)c(O)c1. The van der Waals surface area contributed by atoms with Crippen LogP contribution in [0.3, 0.4) is 0 Å². The minimum Gasteiger partial charge on any atom is -0.504 e. The van der Waals surface area contributed by atoms with Crippen LogP contribution < -0.4 is 4.74 Å². The van der Waals surface area contributed by atoms with Gasteiger partial charge in [0, 0.05) is 35.4 Å². The lowest BCUT2D eigenvalue weighted by molar-refractivity contribution is -0.139. The predicted molar refractivity (Wildman–Crippen MR) is 266 cm³/mol. The Kier molecular flexibility index (Phi) is 19.2. The molecule has 1 amide bonds. The number of carbonyl (C=O) groups excluding carboxylic acids is 2. The van der Waals surface area contributed by atoms with E-state index in [0.717, 1.165) is 60.4 Å². The van der Waals surface area contributed by atoms with Gasteiger partial charge in [-0.25, -0.2) is 9.59 Å². The largest absolute Gasteiger partial charge is 0.504 e. The first kappa shape index (κ1) is 52.8. The normalized spacial score (nSPS) is 13.8. The molecular weight excluding hydrogens is 931 g/mol. The minimum atomic E-state index is -1.13. The van der Waals surface area contributed by atoms with Gasteiger partial charge in [0.2, 0.25) is 0 Å². The number of aromatic nitrogens is 1. The molecule has 2 atom stereocenters. The van der Waals surface area contributed by atoms with Crippen LogP contribution in [0, 0.1) is 11.8 Å². The predicted octanol–water partition coefficient (Wildman–Crippen LogP) is 12.1. The van der Waals surface area contributed by atoms with Crippen molar-refractivity contribution in [2.24, 2.45) is 11.8 Å². The van der Waals surface area contributed by atoms with Crippen LogP contribution in [0.5, 0.6) is 28.7 Å². The Balaban J connectivity index is 0.000000194. The number of Topliss-reactive ketones (excluding diaryl/α,β-unsaturated/α-hetero) is 1. The molecule has 1 aliphatic carbocycles. The fourth-order valence-corrected chi connectivity index (χ4v) is 8.56. The lowest BCUT2D eigenvalue weighted by Crippen LogP contribution is -2.37. The van der Waals surface area contributed by atoms with Crippen LogP contribution in [0.15, 0.2) is 103 Å². The van der Waals surface area contributed by atoms with Crippen LogP contribution in [-0.2, 0) is 35.2 Å². The third-order valence-corrected chi connectivity index (χ3v) is 13.0. The lowest BCUT2D eigenvalue weighted by Gasteiger charge is -2.29. The van der Waals surface area contributed by atoms with Crippen molar-refractivity contribution >= 4 is 58.2 Å². The molecule has 0 saturated carbocycles. The molecule has 360 valence electrons. The molecule has 1 aliphatic heterocycles. The second-order valence-electron chi connectivity index (χ2n) is 16.7. The van der Waals surface area contributed by atoms with E-state index >= 15 is 0 Å². The third-order valence-electron chi connectivity index (χ3n) is 11.9. The monoisotopic (exact) mass is 986 g/mol. The summed E-state index contributed by atoms with van der Waals surface area (Å²) in [6, 6.07) is 23.0. The number of ether oxygens (including phenoxy) is 2. The third kappa shape index (κ3) is 13.9. The summed E-state index contributed by atoms with van der Waals surface area (Å²) in [4.78, 5) is 40.9. The van der Waals surface area contributed by atoms with Crippen LogP contribution in [0.1, 0.15) is 90.8 Å². The Labute approximate surface area is 412 Å². The smallest absolute Gasteiger partial charge is 0.409 e. The van der Waals surface area contributed by atoms with Crippen molar-refractivity contribution in [1.82, 2.24) is 9.88 Å². The van der Waals surface area contributed by atoms with Gasteiger partial charge in [0.05, 0.1) is 17.3 Å². The molecule has 1 fully saturated rings. The lowest BCUT2D eigenvalue weighted by atomic mass is 9.85. The Morgan fingerprint density at radius 2 is 1.35 bits per heavy atom. The molecule has 0 radical (unpaired) electrons. The molecule has 0 spiro atoms. The molecule has 15 heteroatoms. The molecule has 2 heterocycles. The number of pyridine rings is 1. The molecule has 0 bridgehead atoms. The quantitative estimate of drug-likeness (QED) is 0.0455. The molecule has 5 aromatic rings. The number of nitrogens with zero attached hydrogens (tertiary/aromatic N) is 2. The van der Waals surface area contributed by atoms with Crippen molar-refractivity contribution in [3.63, 3.8) is 0 Å². The van der Waals surface area contributed by atoms with Crippen molar-refractivity contribution in [3.05, 3.63) is 157 Å². The van der Waals surface area contributed by atoms with Gasteiger partial charge in [-0.05, 0) is 152 Å². The maximum atomic E-state index is 12.0. The van der Waals surface area contributed by atoms with E-state index in [1.807, 2.05) is 37.4 Å². The van der Waals surface area contributed by atoms with Gasteiger partial charge < -0.3 is 39.9 Å². The molecule has 68 heavy (non-hydrogen) atoms. The number of hydrogen-bond acceptors (Lipinski definition) is 10. The molecule has 5 N–H and O–H groups in total. The second kappa shape index (κ2) is 24.7. The van der Waals surface area contributed by atoms with E-state index in [0.29, 0.717) is 43.5 Å². The number of likely N-dealkylation sites (tertiary alicyclic amines) is 1. The summed E-state index contributed by atoms with van der Waals surface area (Å²) in [5.74, 6) is -0.993. The first-order valence-corrected chi connectivity index (χ1v) is 23.5. The van der Waals surface area contributed by atoms with Crippen molar-refractivity contribution in [2.45, 2.75) is 72.6 Å². The van der Waals surface area contributed by atoms with E-state index in [2.05, 4.69) is 38.6 Å². The van der Waals surface area contributed by atoms with Gasteiger partial charge in [-0.2, -0.15) is 0 Å². The van der Waals surface area contributed by atoms with E-state index in [4.69, 9.17) is 54.4 Å². The second-order valence-corrected chi connectivity index (χ2v) is 17.9. The molecule has 7 rings (SSSR count). The van der Waals surface area contributed by atoms with E-state index in [-0.39, 0.29) is 56.2 Å². The molecule has 12 nitrogen and oxygen atoms in total. The zero-order valence-corrected chi connectivity index (χ0v) is 40.8. The summed E-state index contributed by atoms with van der Waals surface area (Å²) in [7, 11) is 0. The number of hydrogen-bond donors (Lipinski definition) is 5. The van der Waals surface area contributed by atoms with Crippen LogP contribution >= 0.6 is 34.8 Å². The summed E-state index contributed by atoms with van der Waals surface area (Å²) in [5.41, 5.74) is 10.1. The molecule has 0 unspecified atom stereocenters. The van der Waals surface area contributed by atoms with Crippen LogP contribution in [0.4, 0.5) is 4.79 Å². The number of aryl methyl sites for hydroxylation is 2. The topological polar surface area (TPSA) is 187 Å². The molecule has 2 aliphatic rings. The number of piperidine rings is 1. The van der Waals surface area contributed by atoms with E-state index < -0.39 is 12.6 Å². The van der Waals surface area contributed by atoms with Gasteiger partial charge >= 0.3 is 12.1 Å². The average molecular weight is 988 g/mol. The first-order chi connectivity index (χ1) is 32.4. The number of fused-ring (bicyclic) bond motifs is 2. The summed E-state index contributed by atoms with van der Waals surface area (Å²) in [6.07, 6.45) is 7.34. The number of phenolic OH excluding ortho intramolecular Hbond substituents is 4. The summed E-state index contributed by atoms with van der Waals surface area (Å²) in [5, 5.41) is 47.1. The van der Waals surface area contributed by atoms with E-state index in [9.17, 15) is 34.8 Å². The van der Waals surface area contributed by atoms with Crippen molar-refractivity contribution < 1.29 is 49.4 Å². The number of amides is 1. The Bertz CT molecular complexity index is 2600. The zero-order valence-electron chi connectivity index (χ0n) is 38.5. The van der Waals surface area contributed by atoms with E-state index in [1.54, 1.807) is 24.0 Å². The number of carbonyl (C=O) groups is 3. The molecule has 4 aromatic carbocycles. The number of carboxylic acids is 1. The van der Waals surface area contributed by atoms with Gasteiger partial charge in [-0.15, -0.1) is 0 Å². The fraction of sp³-hybridized carbons (Fsp3) is 0.321. The Hall–Kier alpha value is -6.21. The highest BCUT2D eigenvalue weighted by Crippen LogP contribution is 2.39. The van der Waals surface area contributed by atoms with Crippen LogP contribution in [0.2, 0.25) is 15.1 Å². The zero-order chi connectivity index (χ0) is 49.7. The first-order valence-electron chi connectivity index (χ1n) is 22.4. The molecule has 1 aromatic heterocycles. The summed E-state index contributed by atoms with van der Waals surface area (Å²) < 4.78 is 10.1. The summed E-state index contributed by atoms with van der Waals surface area (Å²) in [6.45, 7) is 12.8. The van der Waals surface area contributed by atoms with Crippen molar-refractivity contribution in [3.8, 4) is 28.7 Å². The van der Waals surface area contributed by atoms with Gasteiger partial charge in [-0.1, -0.05) is 92.0 Å². The maximum absolute atomic E-state index is 12.0. The number of allylic oxidation sites excluding steroid dienone is 1. The maximum Gasteiger partial charge on any atom is 0.409 e. The van der Waals surface area contributed by atoms with E-state index in [1.165, 1.54) is 52.1 Å². The highest BCUT2D eigenvalue weighted by Gasteiger charge is 2.27. The number of aromatic hydroxyl groups is 4. The molecular formula is C53H57Cl3N2O10. The number of rotatable bonds is 12. The standard InChI is InChI=1S/C22H23ClN2O2.C18H22O4.C13H12Cl2O4/c1-2-27-22(26)25-12-9-15(10-13-25)20-19-8-7-18(23)14-17(19)6-5-16-4-3-11-24-21(16)20;1-11(7-13-3-5-15(19)17(21)9-13)12(2)8-14-4-6-16(20)18(22)10-14;1-3-7(2)13(18)8-4-5-9(12(15)11(8)14)19-6-10(16)17/h3-4,7-8,11,14H,2,5-6,9-10,12-13H2,1H3;3-6,9-12,19-22H,7-8H2,1-2H3;4-5H,2-3,6H2,1H3,(H,16,17)/t;11-,12+;. The number of benzene rings is 4. The number of halogens is 3. The Morgan fingerprint density at radius 3 is 1.91 bits per heavy atom. The number of phenols is 4. The number of aliphatic carboxylic acids is 1. The van der Waals surface area contributed by atoms with Gasteiger partial charge in [-0.3, -0.25) is 9.78 Å². The minimum absolute atomic E-state index is 0.0117. The molecule has 1 saturated heterocycles. The number of carboxylic acid groups (broad SMARTS) is 1.